The predicted octanol–water partition coefficient (Wildman–Crippen LogP) is 4.24. The summed E-state index contributed by atoms with van der Waals surface area (Å²) < 4.78 is 0. The molecule has 0 bridgehead atoms. The third-order valence-electron chi connectivity index (χ3n) is 5.27. The molecule has 4 rings (SSSR count). The van der Waals surface area contributed by atoms with Crippen molar-refractivity contribution in [3.05, 3.63) is 100 Å². The smallest absolute Gasteiger partial charge is 0.343 e. The summed E-state index contributed by atoms with van der Waals surface area (Å²) in [4.78, 5) is 54.5. The Hall–Kier alpha value is -4.79. The molecule has 9 heteroatoms. The summed E-state index contributed by atoms with van der Waals surface area (Å²) in [5.74, 6) is -1.62. The van der Waals surface area contributed by atoms with Gasteiger partial charge in [0.1, 0.15) is 11.3 Å². The molecule has 1 aliphatic heterocycles. The van der Waals surface area contributed by atoms with E-state index in [9.17, 15) is 24.5 Å². The average Bonchev–Trinajstić information content (AvgIpc) is 2.83. The molecular formula is C25H20N4O5. The molecular weight excluding hydrogens is 436 g/mol. The number of para-hydroxylation sites is 2. The molecule has 0 atom stereocenters. The minimum atomic E-state index is -0.812. The molecule has 3 aromatic rings. The summed E-state index contributed by atoms with van der Waals surface area (Å²) in [5.41, 5.74) is 0.784. The van der Waals surface area contributed by atoms with Crippen molar-refractivity contribution in [2.75, 3.05) is 28.8 Å². The van der Waals surface area contributed by atoms with Gasteiger partial charge in [0.05, 0.1) is 16.3 Å². The summed E-state index contributed by atoms with van der Waals surface area (Å²) in [6, 6.07) is 20.1. The standard InChI is InChI=1S/C25H20N4O5/c1-26(2)21-14-13-17(16-22(21)29(33)34)15-20-23(30)27(18-9-5-3-6-10-18)25(32)28(24(20)31)19-11-7-4-8-12-19/h3-16H,1-2H3. The lowest BCUT2D eigenvalue weighted by Gasteiger charge is -2.33. The van der Waals surface area contributed by atoms with Crippen LogP contribution < -0.4 is 14.7 Å². The van der Waals surface area contributed by atoms with E-state index in [4.69, 9.17) is 0 Å². The lowest BCUT2D eigenvalue weighted by atomic mass is 10.0. The van der Waals surface area contributed by atoms with Gasteiger partial charge in [-0.1, -0.05) is 42.5 Å². The summed E-state index contributed by atoms with van der Waals surface area (Å²) in [7, 11) is 3.35. The molecule has 1 heterocycles. The SMILES string of the molecule is CN(C)c1ccc(C=C2C(=O)N(c3ccccc3)C(=O)N(c3ccccc3)C2=O)cc1[N+](=O)[O-]. The Kier molecular flexibility index (Phi) is 5.92. The van der Waals surface area contributed by atoms with Crippen LogP contribution in [0.1, 0.15) is 5.56 Å². The van der Waals surface area contributed by atoms with E-state index in [0.29, 0.717) is 17.1 Å². The van der Waals surface area contributed by atoms with E-state index in [1.807, 2.05) is 0 Å². The highest BCUT2D eigenvalue weighted by Crippen LogP contribution is 2.32. The van der Waals surface area contributed by atoms with E-state index in [-0.39, 0.29) is 16.8 Å². The second-order valence-electron chi connectivity index (χ2n) is 7.69. The molecule has 0 spiro atoms. The molecule has 4 amide bonds. The number of benzene rings is 3. The van der Waals surface area contributed by atoms with E-state index in [1.54, 1.807) is 85.7 Å². The molecule has 0 radical (unpaired) electrons. The van der Waals surface area contributed by atoms with E-state index in [2.05, 4.69) is 0 Å². The zero-order chi connectivity index (χ0) is 24.4. The van der Waals surface area contributed by atoms with Gasteiger partial charge >= 0.3 is 6.03 Å². The first-order valence-corrected chi connectivity index (χ1v) is 10.3. The van der Waals surface area contributed by atoms with Gasteiger partial charge < -0.3 is 4.90 Å². The number of carbonyl (C=O) groups excluding carboxylic acids is 3. The van der Waals surface area contributed by atoms with Gasteiger partial charge in [-0.15, -0.1) is 0 Å². The van der Waals surface area contributed by atoms with Crippen LogP contribution in [-0.4, -0.2) is 36.9 Å². The minimum Gasteiger partial charge on any atom is -0.372 e. The maximum Gasteiger partial charge on any atom is 0.343 e. The van der Waals surface area contributed by atoms with Gasteiger partial charge in [0.25, 0.3) is 17.5 Å². The zero-order valence-electron chi connectivity index (χ0n) is 18.4. The number of barbiturate groups is 1. The van der Waals surface area contributed by atoms with Crippen molar-refractivity contribution >= 4 is 46.7 Å². The highest BCUT2D eigenvalue weighted by atomic mass is 16.6. The van der Waals surface area contributed by atoms with Gasteiger partial charge in [-0.3, -0.25) is 19.7 Å². The molecule has 0 N–H and O–H groups in total. The van der Waals surface area contributed by atoms with Crippen LogP contribution in [0.25, 0.3) is 6.08 Å². The third-order valence-corrected chi connectivity index (χ3v) is 5.27. The van der Waals surface area contributed by atoms with Crippen molar-refractivity contribution in [2.45, 2.75) is 0 Å². The van der Waals surface area contributed by atoms with Crippen molar-refractivity contribution in [1.29, 1.82) is 0 Å². The Labute approximate surface area is 195 Å². The van der Waals surface area contributed by atoms with E-state index < -0.39 is 22.8 Å². The number of hydrogen-bond acceptors (Lipinski definition) is 6. The third kappa shape index (κ3) is 4.02. The Morgan fingerprint density at radius 3 is 1.74 bits per heavy atom. The number of nitro benzene ring substituents is 1. The van der Waals surface area contributed by atoms with Crippen molar-refractivity contribution in [3.8, 4) is 0 Å². The largest absolute Gasteiger partial charge is 0.372 e. The number of carbonyl (C=O) groups is 3. The molecule has 0 aromatic heterocycles. The Morgan fingerprint density at radius 1 is 0.794 bits per heavy atom. The number of anilines is 3. The van der Waals surface area contributed by atoms with Crippen LogP contribution in [0.3, 0.4) is 0 Å². The normalized spacial score (nSPS) is 13.8. The summed E-state index contributed by atoms with van der Waals surface area (Å²) >= 11 is 0. The van der Waals surface area contributed by atoms with Gasteiger partial charge in [0.15, 0.2) is 0 Å². The quantitative estimate of drug-likeness (QED) is 0.246. The first-order valence-electron chi connectivity index (χ1n) is 10.3. The fraction of sp³-hybridized carbons (Fsp3) is 0.0800. The van der Waals surface area contributed by atoms with Gasteiger partial charge in [0.2, 0.25) is 0 Å². The monoisotopic (exact) mass is 456 g/mol. The zero-order valence-corrected chi connectivity index (χ0v) is 18.4. The second-order valence-corrected chi connectivity index (χ2v) is 7.69. The molecule has 170 valence electrons. The molecule has 3 aromatic carbocycles. The van der Waals surface area contributed by atoms with E-state index in [1.165, 1.54) is 18.2 Å². The second kappa shape index (κ2) is 8.99. The number of nitrogens with zero attached hydrogens (tertiary/aromatic N) is 4. The fourth-order valence-electron chi connectivity index (χ4n) is 3.66. The van der Waals surface area contributed by atoms with Crippen LogP contribution in [0.15, 0.2) is 84.4 Å². The Morgan fingerprint density at radius 2 is 1.29 bits per heavy atom. The molecule has 34 heavy (non-hydrogen) atoms. The molecule has 1 saturated heterocycles. The van der Waals surface area contributed by atoms with Crippen molar-refractivity contribution in [3.63, 3.8) is 0 Å². The molecule has 9 nitrogen and oxygen atoms in total. The van der Waals surface area contributed by atoms with E-state index in [0.717, 1.165) is 9.80 Å². The number of nitro groups is 1. The Bertz CT molecular complexity index is 1260. The van der Waals surface area contributed by atoms with E-state index >= 15 is 0 Å². The fourth-order valence-corrected chi connectivity index (χ4v) is 3.66. The van der Waals surface area contributed by atoms with Gasteiger partial charge in [-0.2, -0.15) is 0 Å². The number of rotatable bonds is 5. The lowest BCUT2D eigenvalue weighted by molar-refractivity contribution is -0.384. The minimum absolute atomic E-state index is 0.175. The van der Waals surface area contributed by atoms with Crippen LogP contribution in [0.2, 0.25) is 0 Å². The molecule has 0 saturated carbocycles. The predicted molar refractivity (Wildman–Crippen MR) is 129 cm³/mol. The average molecular weight is 456 g/mol. The van der Waals surface area contributed by atoms with Gasteiger partial charge in [-0.25, -0.2) is 14.6 Å². The molecule has 1 fully saturated rings. The molecule has 0 unspecified atom stereocenters. The topological polar surface area (TPSA) is 104 Å². The number of hydrogen-bond donors (Lipinski definition) is 0. The lowest BCUT2D eigenvalue weighted by Crippen LogP contribution is -2.57. The van der Waals surface area contributed by atoms with Crippen LogP contribution in [0, 0.1) is 10.1 Å². The first kappa shape index (κ1) is 22.4. The number of urea groups is 1. The summed E-state index contributed by atoms with van der Waals surface area (Å²) in [5, 5.41) is 11.6. The summed E-state index contributed by atoms with van der Waals surface area (Å²) in [6.45, 7) is 0. The number of imide groups is 2. The van der Waals surface area contributed by atoms with Crippen LogP contribution in [-0.2, 0) is 9.59 Å². The first-order chi connectivity index (χ1) is 16.3. The maximum absolute atomic E-state index is 13.4. The molecule has 0 aliphatic carbocycles. The van der Waals surface area contributed by atoms with Gasteiger partial charge in [0, 0.05) is 20.2 Å². The van der Waals surface area contributed by atoms with Crippen LogP contribution >= 0.6 is 0 Å². The van der Waals surface area contributed by atoms with Crippen LogP contribution in [0.5, 0.6) is 0 Å². The van der Waals surface area contributed by atoms with Crippen molar-refractivity contribution in [2.24, 2.45) is 0 Å². The molecule has 1 aliphatic rings. The van der Waals surface area contributed by atoms with Gasteiger partial charge in [-0.05, 0) is 42.0 Å². The highest BCUT2D eigenvalue weighted by Gasteiger charge is 2.43. The maximum atomic E-state index is 13.4. The van der Waals surface area contributed by atoms with Crippen molar-refractivity contribution in [1.82, 2.24) is 0 Å². The summed E-state index contributed by atoms with van der Waals surface area (Å²) in [6.07, 6.45) is 1.27. The van der Waals surface area contributed by atoms with Crippen LogP contribution in [0.4, 0.5) is 27.5 Å². The highest BCUT2D eigenvalue weighted by molar-refractivity contribution is 6.46. The Balaban J connectivity index is 1.87. The van der Waals surface area contributed by atoms with Crippen molar-refractivity contribution < 1.29 is 19.3 Å². The number of amides is 4.